The lowest BCUT2D eigenvalue weighted by atomic mass is 10.2. The van der Waals surface area contributed by atoms with Crippen LogP contribution in [0.2, 0.25) is 0 Å². The highest BCUT2D eigenvalue weighted by Crippen LogP contribution is 2.18. The third-order valence-electron chi connectivity index (χ3n) is 3.16. The van der Waals surface area contributed by atoms with E-state index < -0.39 is 0 Å². The topological polar surface area (TPSA) is 72.9 Å². The third kappa shape index (κ3) is 3.01. The van der Waals surface area contributed by atoms with Crippen LogP contribution < -0.4 is 11.1 Å². The number of rotatable bonds is 4. The highest BCUT2D eigenvalue weighted by Gasteiger charge is 2.19. The summed E-state index contributed by atoms with van der Waals surface area (Å²) in [5.41, 5.74) is 7.45. The highest BCUT2D eigenvalue weighted by molar-refractivity contribution is 7.11. The van der Waals surface area contributed by atoms with E-state index in [1.165, 1.54) is 14.4 Å². The number of nitrogen functional groups attached to an aromatic ring is 1. The summed E-state index contributed by atoms with van der Waals surface area (Å²) in [6.07, 6.45) is 0.820. The van der Waals surface area contributed by atoms with Crippen LogP contribution in [0, 0.1) is 13.8 Å². The molecule has 0 radical (unpaired) electrons. The van der Waals surface area contributed by atoms with Crippen molar-refractivity contribution in [2.24, 2.45) is 7.05 Å². The fraction of sp³-hybridized carbons (Fsp3) is 0.429. The first-order valence-electron chi connectivity index (χ1n) is 6.53. The van der Waals surface area contributed by atoms with Crippen LogP contribution in [0.1, 0.15) is 32.9 Å². The molecule has 5 nitrogen and oxygen atoms in total. The van der Waals surface area contributed by atoms with Crippen LogP contribution in [-0.4, -0.2) is 21.7 Å². The minimum Gasteiger partial charge on any atom is -0.395 e. The number of hydrogen-bond acceptors (Lipinski definition) is 4. The molecule has 0 saturated carbocycles. The van der Waals surface area contributed by atoms with Gasteiger partial charge in [-0.2, -0.15) is 5.10 Å². The Bertz CT molecular complexity index is 629. The van der Waals surface area contributed by atoms with Gasteiger partial charge in [0.05, 0.1) is 11.4 Å². The van der Waals surface area contributed by atoms with E-state index in [4.69, 9.17) is 5.73 Å². The fourth-order valence-electron chi connectivity index (χ4n) is 2.18. The van der Waals surface area contributed by atoms with E-state index in [-0.39, 0.29) is 11.9 Å². The van der Waals surface area contributed by atoms with Crippen molar-refractivity contribution in [3.63, 3.8) is 0 Å². The van der Waals surface area contributed by atoms with Crippen LogP contribution >= 0.6 is 11.3 Å². The second kappa shape index (κ2) is 5.66. The first-order valence-corrected chi connectivity index (χ1v) is 7.35. The van der Waals surface area contributed by atoms with Crippen molar-refractivity contribution in [2.75, 3.05) is 5.73 Å². The molecule has 0 fully saturated rings. The van der Waals surface area contributed by atoms with Crippen LogP contribution in [0.15, 0.2) is 12.1 Å². The van der Waals surface area contributed by atoms with Gasteiger partial charge < -0.3 is 11.1 Å². The minimum atomic E-state index is -0.175. The molecule has 1 amide bonds. The highest BCUT2D eigenvalue weighted by atomic mass is 32.1. The van der Waals surface area contributed by atoms with Gasteiger partial charge in [0.15, 0.2) is 0 Å². The minimum absolute atomic E-state index is 0.0511. The molecule has 0 aliphatic carbocycles. The van der Waals surface area contributed by atoms with Gasteiger partial charge in [-0.25, -0.2) is 0 Å². The number of aromatic nitrogens is 2. The van der Waals surface area contributed by atoms with Crippen molar-refractivity contribution in [1.29, 1.82) is 0 Å². The van der Waals surface area contributed by atoms with Gasteiger partial charge in [-0.15, -0.1) is 11.3 Å². The van der Waals surface area contributed by atoms with Gasteiger partial charge in [-0.1, -0.05) is 0 Å². The van der Waals surface area contributed by atoms with Crippen LogP contribution in [0.3, 0.4) is 0 Å². The van der Waals surface area contributed by atoms with Crippen molar-refractivity contribution in [3.05, 3.63) is 33.3 Å². The predicted molar refractivity (Wildman–Crippen MR) is 82.0 cm³/mol. The van der Waals surface area contributed by atoms with Crippen LogP contribution in [0.4, 0.5) is 5.69 Å². The van der Waals surface area contributed by atoms with Gasteiger partial charge in [0.1, 0.15) is 5.69 Å². The number of nitrogens with two attached hydrogens (primary N) is 1. The van der Waals surface area contributed by atoms with E-state index in [1.807, 2.05) is 6.92 Å². The molecule has 2 rings (SSSR count). The molecule has 0 saturated heterocycles. The summed E-state index contributed by atoms with van der Waals surface area (Å²) in [4.78, 5) is 14.8. The number of nitrogens with one attached hydrogen (secondary N) is 1. The Morgan fingerprint density at radius 3 is 2.70 bits per heavy atom. The Morgan fingerprint density at radius 1 is 1.50 bits per heavy atom. The maximum Gasteiger partial charge on any atom is 0.271 e. The molecule has 0 bridgehead atoms. The van der Waals surface area contributed by atoms with E-state index in [2.05, 4.69) is 29.5 Å². The molecule has 20 heavy (non-hydrogen) atoms. The monoisotopic (exact) mass is 292 g/mol. The summed E-state index contributed by atoms with van der Waals surface area (Å²) in [5.74, 6) is -0.175. The number of amides is 1. The summed E-state index contributed by atoms with van der Waals surface area (Å²) < 4.78 is 1.53. The van der Waals surface area contributed by atoms with Gasteiger partial charge in [0.2, 0.25) is 0 Å². The number of thiophene rings is 1. The average molecular weight is 292 g/mol. The molecule has 1 unspecified atom stereocenters. The van der Waals surface area contributed by atoms with Crippen LogP contribution in [0.25, 0.3) is 0 Å². The molecule has 2 heterocycles. The van der Waals surface area contributed by atoms with E-state index in [0.29, 0.717) is 17.1 Å². The smallest absolute Gasteiger partial charge is 0.271 e. The number of hydrogen-bond donors (Lipinski definition) is 2. The quantitative estimate of drug-likeness (QED) is 0.905. The summed E-state index contributed by atoms with van der Waals surface area (Å²) >= 11 is 1.76. The normalized spacial score (nSPS) is 12.4. The average Bonchev–Trinajstić information content (AvgIpc) is 2.84. The lowest BCUT2D eigenvalue weighted by Crippen LogP contribution is -2.35. The van der Waals surface area contributed by atoms with Crippen molar-refractivity contribution in [1.82, 2.24) is 15.1 Å². The van der Waals surface area contributed by atoms with Crippen molar-refractivity contribution in [3.8, 4) is 0 Å². The van der Waals surface area contributed by atoms with Crippen molar-refractivity contribution >= 4 is 22.9 Å². The SMILES string of the molecule is Cc1ccc(CC(C)NC(=O)c2c(N)c(C)nn2C)s1. The van der Waals surface area contributed by atoms with Crippen LogP contribution in [0.5, 0.6) is 0 Å². The maximum absolute atomic E-state index is 12.3. The first-order chi connectivity index (χ1) is 9.38. The van der Waals surface area contributed by atoms with E-state index in [9.17, 15) is 4.79 Å². The molecule has 108 valence electrons. The molecule has 0 spiro atoms. The summed E-state index contributed by atoms with van der Waals surface area (Å²) in [6, 6.07) is 4.25. The first kappa shape index (κ1) is 14.6. The van der Waals surface area contributed by atoms with Gasteiger partial charge in [-0.05, 0) is 32.9 Å². The van der Waals surface area contributed by atoms with E-state index in [1.54, 1.807) is 25.3 Å². The zero-order chi connectivity index (χ0) is 14.9. The number of aryl methyl sites for hydroxylation is 3. The zero-order valence-electron chi connectivity index (χ0n) is 12.2. The number of carbonyl (C=O) groups excluding carboxylic acids is 1. The lowest BCUT2D eigenvalue weighted by molar-refractivity contribution is 0.0931. The molecule has 1 atom stereocenters. The largest absolute Gasteiger partial charge is 0.395 e. The molecule has 6 heteroatoms. The molecule has 0 aliphatic heterocycles. The molecule has 2 aromatic heterocycles. The lowest BCUT2D eigenvalue weighted by Gasteiger charge is -2.13. The second-order valence-corrected chi connectivity index (χ2v) is 6.43. The third-order valence-corrected chi connectivity index (χ3v) is 4.19. The fourth-order valence-corrected chi connectivity index (χ4v) is 3.20. The Morgan fingerprint density at radius 2 is 2.20 bits per heavy atom. The van der Waals surface area contributed by atoms with Gasteiger partial charge in [-0.3, -0.25) is 9.48 Å². The molecular weight excluding hydrogens is 272 g/mol. The standard InChI is InChI=1S/C14H20N4OS/c1-8(7-11-6-5-9(2)20-11)16-14(19)13-12(15)10(3)17-18(13)4/h5-6,8H,7,15H2,1-4H3,(H,16,19). The second-order valence-electron chi connectivity index (χ2n) is 5.06. The summed E-state index contributed by atoms with van der Waals surface area (Å²) in [7, 11) is 1.73. The van der Waals surface area contributed by atoms with Crippen molar-refractivity contribution in [2.45, 2.75) is 33.2 Å². The predicted octanol–water partition coefficient (Wildman–Crippen LogP) is 2.04. The molecule has 3 N–H and O–H groups in total. The van der Waals surface area contributed by atoms with E-state index >= 15 is 0 Å². The zero-order valence-corrected chi connectivity index (χ0v) is 13.0. The van der Waals surface area contributed by atoms with Gasteiger partial charge in [0, 0.05) is 29.3 Å². The maximum atomic E-state index is 12.3. The van der Waals surface area contributed by atoms with Crippen molar-refractivity contribution < 1.29 is 4.79 Å². The Kier molecular flexibility index (Phi) is 4.13. The number of nitrogens with zero attached hydrogens (tertiary/aromatic N) is 2. The van der Waals surface area contributed by atoms with Crippen LogP contribution in [-0.2, 0) is 13.5 Å². The summed E-state index contributed by atoms with van der Waals surface area (Å²) in [6.45, 7) is 5.87. The Balaban J connectivity index is 2.04. The van der Waals surface area contributed by atoms with Gasteiger partial charge >= 0.3 is 0 Å². The molecular formula is C14H20N4OS. The molecule has 0 aromatic carbocycles. The molecule has 0 aliphatic rings. The summed E-state index contributed by atoms with van der Waals surface area (Å²) in [5, 5.41) is 7.13. The Hall–Kier alpha value is -1.82. The van der Waals surface area contributed by atoms with Gasteiger partial charge in [0.25, 0.3) is 5.91 Å². The number of anilines is 1. The van der Waals surface area contributed by atoms with E-state index in [0.717, 1.165) is 6.42 Å². The number of carbonyl (C=O) groups is 1. The molecule has 2 aromatic rings. The Labute approximate surface area is 122 Å².